The molecule has 1 fully saturated rings. The van der Waals surface area contributed by atoms with Crippen molar-refractivity contribution in [2.24, 2.45) is 5.11 Å². The highest BCUT2D eigenvalue weighted by atomic mass is 16.7. The molecule has 0 saturated carbocycles. The molecule has 356 valence electrons. The van der Waals surface area contributed by atoms with E-state index in [2.05, 4.69) is 16.9 Å². The molecule has 0 unspecified atom stereocenters. The Bertz CT molecular complexity index is 2000. The zero-order chi connectivity index (χ0) is 47.4. The summed E-state index contributed by atoms with van der Waals surface area (Å²) in [6.07, 6.45) is 7.85. The number of allylic oxidation sites excluding steroid dienone is 1. The Labute approximate surface area is 384 Å². The fraction of sp³-hybridized carbons (Fsp3) is 0.490. The smallest absolute Gasteiger partial charge is 0.338 e. The van der Waals surface area contributed by atoms with Gasteiger partial charge in [0.15, 0.2) is 18.5 Å². The molecule has 1 heterocycles. The molecular formula is C49H61N3O14. The van der Waals surface area contributed by atoms with Crippen LogP contribution in [-0.4, -0.2) is 109 Å². The highest BCUT2D eigenvalue weighted by molar-refractivity contribution is 5.91. The highest BCUT2D eigenvalue weighted by Gasteiger charge is 2.52. The molecule has 17 heteroatoms. The van der Waals surface area contributed by atoms with Crippen molar-refractivity contribution in [2.75, 3.05) is 26.4 Å². The summed E-state index contributed by atoms with van der Waals surface area (Å²) in [5.74, 6) is -5.27. The van der Waals surface area contributed by atoms with Gasteiger partial charge in [0.1, 0.15) is 37.6 Å². The normalized spacial score (nSPS) is 19.0. The largest absolute Gasteiger partial charge is 0.480 e. The van der Waals surface area contributed by atoms with Gasteiger partial charge < -0.3 is 43.4 Å². The molecule has 0 spiro atoms. The number of azide groups is 1. The van der Waals surface area contributed by atoms with Crippen LogP contribution in [0.3, 0.4) is 0 Å². The number of benzene rings is 3. The lowest BCUT2D eigenvalue weighted by Crippen LogP contribution is -2.63. The summed E-state index contributed by atoms with van der Waals surface area (Å²) in [4.78, 5) is 67.2. The van der Waals surface area contributed by atoms with Gasteiger partial charge in [0, 0.05) is 4.91 Å². The number of rotatable bonds is 31. The minimum absolute atomic E-state index is 0.0803. The van der Waals surface area contributed by atoms with Gasteiger partial charge in [-0.05, 0) is 60.8 Å². The topological polar surface area (TPSA) is 239 Å². The van der Waals surface area contributed by atoms with Crippen molar-refractivity contribution < 1.29 is 67.3 Å². The van der Waals surface area contributed by atoms with Crippen molar-refractivity contribution >= 4 is 29.8 Å². The number of esters is 3. The number of ether oxygens (including phenoxy) is 7. The van der Waals surface area contributed by atoms with Gasteiger partial charge in [0.05, 0.1) is 29.9 Å². The van der Waals surface area contributed by atoms with Crippen LogP contribution >= 0.6 is 0 Å². The molecule has 7 atom stereocenters. The molecule has 1 saturated heterocycles. The second-order valence-electron chi connectivity index (χ2n) is 15.7. The lowest BCUT2D eigenvalue weighted by atomic mass is 9.97. The van der Waals surface area contributed by atoms with Crippen LogP contribution in [0, 0.1) is 0 Å². The molecule has 17 nitrogen and oxygen atoms in total. The summed E-state index contributed by atoms with van der Waals surface area (Å²) in [6.45, 7) is -0.604. The first-order valence-electron chi connectivity index (χ1n) is 22.5. The van der Waals surface area contributed by atoms with Gasteiger partial charge in [-0.3, -0.25) is 0 Å². The molecular weight excluding hydrogens is 855 g/mol. The van der Waals surface area contributed by atoms with Gasteiger partial charge in [0.25, 0.3) is 0 Å². The summed E-state index contributed by atoms with van der Waals surface area (Å²) in [6, 6.07) is 22.6. The van der Waals surface area contributed by atoms with Gasteiger partial charge in [-0.25, -0.2) is 24.0 Å². The van der Waals surface area contributed by atoms with Crippen molar-refractivity contribution in [2.45, 2.75) is 127 Å². The van der Waals surface area contributed by atoms with E-state index in [1.165, 1.54) is 69.2 Å². The van der Waals surface area contributed by atoms with Crippen LogP contribution in [0.1, 0.15) is 115 Å². The summed E-state index contributed by atoms with van der Waals surface area (Å²) in [5, 5.41) is 22.9. The Balaban J connectivity index is 1.63. The Morgan fingerprint density at radius 3 is 1.68 bits per heavy atom. The van der Waals surface area contributed by atoms with Crippen molar-refractivity contribution in [3.8, 4) is 0 Å². The fourth-order valence-corrected chi connectivity index (χ4v) is 7.19. The predicted octanol–water partition coefficient (Wildman–Crippen LogP) is 8.91. The van der Waals surface area contributed by atoms with Gasteiger partial charge in [-0.1, -0.05) is 137 Å². The molecule has 3 aromatic rings. The van der Waals surface area contributed by atoms with E-state index in [1.54, 1.807) is 72.8 Å². The quantitative estimate of drug-likeness (QED) is 0.0117. The average Bonchev–Trinajstić information content (AvgIpc) is 3.32. The molecule has 0 bridgehead atoms. The third kappa shape index (κ3) is 18.8. The van der Waals surface area contributed by atoms with E-state index < -0.39 is 99.1 Å². The number of carbonyl (C=O) groups excluding carboxylic acids is 3. The first-order chi connectivity index (χ1) is 32.1. The second-order valence-corrected chi connectivity index (χ2v) is 15.7. The van der Waals surface area contributed by atoms with Crippen LogP contribution in [0.25, 0.3) is 10.4 Å². The van der Waals surface area contributed by atoms with Crippen LogP contribution in [0.5, 0.6) is 0 Å². The van der Waals surface area contributed by atoms with Gasteiger partial charge >= 0.3 is 29.8 Å². The molecule has 1 aliphatic heterocycles. The summed E-state index contributed by atoms with van der Waals surface area (Å²) in [5.41, 5.74) is 10.2. The van der Waals surface area contributed by atoms with Crippen molar-refractivity contribution in [3.63, 3.8) is 0 Å². The number of unbranched alkanes of at least 4 members (excludes halogenated alkanes) is 11. The maximum absolute atomic E-state index is 13.7. The van der Waals surface area contributed by atoms with E-state index >= 15 is 0 Å². The lowest BCUT2D eigenvalue weighted by Gasteiger charge is -2.45. The maximum Gasteiger partial charge on any atom is 0.338 e. The molecule has 1 aliphatic rings. The molecule has 0 amide bonds. The minimum Gasteiger partial charge on any atom is -0.480 e. The van der Waals surface area contributed by atoms with Gasteiger partial charge in [-0.15, -0.1) is 0 Å². The molecule has 66 heavy (non-hydrogen) atoms. The number of aliphatic carboxylic acids is 2. The zero-order valence-electron chi connectivity index (χ0n) is 37.3. The molecule has 0 radical (unpaired) electrons. The van der Waals surface area contributed by atoms with E-state index in [4.69, 9.17) is 33.2 Å². The van der Waals surface area contributed by atoms with Crippen molar-refractivity contribution in [1.29, 1.82) is 0 Å². The minimum atomic E-state index is -1.70. The van der Waals surface area contributed by atoms with Crippen molar-refractivity contribution in [1.82, 2.24) is 0 Å². The lowest BCUT2D eigenvalue weighted by molar-refractivity contribution is -0.307. The number of hydrogen-bond donors (Lipinski definition) is 2. The Morgan fingerprint density at radius 1 is 0.667 bits per heavy atom. The molecule has 3 aromatic carbocycles. The molecule has 2 N–H and O–H groups in total. The van der Waals surface area contributed by atoms with Crippen molar-refractivity contribution in [3.05, 3.63) is 130 Å². The summed E-state index contributed by atoms with van der Waals surface area (Å²) in [7, 11) is 0. The second kappa shape index (κ2) is 30.2. The molecule has 0 aliphatic carbocycles. The third-order valence-electron chi connectivity index (χ3n) is 10.6. The summed E-state index contributed by atoms with van der Waals surface area (Å²) < 4.78 is 41.4. The van der Waals surface area contributed by atoms with Gasteiger partial charge in [-0.2, -0.15) is 0 Å². The summed E-state index contributed by atoms with van der Waals surface area (Å²) >= 11 is 0. The first kappa shape index (κ1) is 52.5. The Kier molecular flexibility index (Phi) is 24.0. The van der Waals surface area contributed by atoms with Crippen LogP contribution < -0.4 is 0 Å². The molecule has 4 rings (SSSR count). The Hall–Kier alpha value is -6.10. The van der Waals surface area contributed by atoms with Crippen LogP contribution in [0.15, 0.2) is 108 Å². The standard InChI is InChI=1S/C49H61N3O14/c1-2-3-4-5-6-7-8-9-10-11-12-13-23-30-39(63-46(57)35-24-17-14-18-25-35)38(51-52-50)31-62-49-45(66-48(59)37-28-21-16-22-29-37)44(65-47(58)36-26-19-15-20-27-36)43(61-34-42(55)56)40(64-49)32-60-33-41(53)54/h14-30,38-40,43-45,49H,2-13,31-34H2,1H3,(H,53,54)(H,55,56)/b30-23+/t38-,39+,40+,43-,44-,45+,49-/m0/s1. The SMILES string of the molecule is CCCCCCCCCCCCC/C=C/[C@@H](OC(=O)c1ccccc1)[C@H](CO[C@H]1O[C@H](COCC(=O)O)[C@H](OCC(=O)O)[C@H](OC(=O)c2ccccc2)[C@H]1OC(=O)c1ccccc1)N=[N+]=[N-]. The fourth-order valence-electron chi connectivity index (χ4n) is 7.19. The third-order valence-corrected chi connectivity index (χ3v) is 10.6. The van der Waals surface area contributed by atoms with Crippen LogP contribution in [-0.2, 0) is 42.7 Å². The first-order valence-corrected chi connectivity index (χ1v) is 22.5. The number of nitrogens with zero attached hydrogens (tertiary/aromatic N) is 3. The number of carboxylic acid groups (broad SMARTS) is 2. The molecule has 0 aromatic heterocycles. The Morgan fingerprint density at radius 2 is 1.17 bits per heavy atom. The van der Waals surface area contributed by atoms with E-state index in [1.807, 2.05) is 6.08 Å². The number of carboxylic acids is 2. The van der Waals surface area contributed by atoms with Gasteiger partial charge in [0.2, 0.25) is 0 Å². The van der Waals surface area contributed by atoms with E-state index in [9.17, 15) is 39.7 Å². The van der Waals surface area contributed by atoms with E-state index in [0.29, 0.717) is 6.42 Å². The zero-order valence-corrected chi connectivity index (χ0v) is 37.3. The predicted molar refractivity (Wildman–Crippen MR) is 241 cm³/mol. The van der Waals surface area contributed by atoms with E-state index in [0.717, 1.165) is 25.7 Å². The average molecular weight is 916 g/mol. The van der Waals surface area contributed by atoms with E-state index in [-0.39, 0.29) is 16.7 Å². The number of carbonyl (C=O) groups is 5. The monoisotopic (exact) mass is 915 g/mol. The number of hydrogen-bond acceptors (Lipinski definition) is 13. The maximum atomic E-state index is 13.7. The van der Waals surface area contributed by atoms with Crippen LogP contribution in [0.2, 0.25) is 0 Å². The van der Waals surface area contributed by atoms with Crippen LogP contribution in [0.4, 0.5) is 0 Å². The highest BCUT2D eigenvalue weighted by Crippen LogP contribution is 2.32.